The van der Waals surface area contributed by atoms with Crippen LogP contribution < -0.4 is 0 Å². The van der Waals surface area contributed by atoms with E-state index in [9.17, 15) is 13.2 Å². The molecule has 0 spiro atoms. The molecule has 2 atom stereocenters. The van der Waals surface area contributed by atoms with Crippen LogP contribution in [0.5, 0.6) is 0 Å². The van der Waals surface area contributed by atoms with E-state index in [1.54, 1.807) is 0 Å². The first kappa shape index (κ1) is 11.4. The summed E-state index contributed by atoms with van der Waals surface area (Å²) in [6.45, 7) is 6.82. The molecule has 1 aliphatic carbocycles. The summed E-state index contributed by atoms with van der Waals surface area (Å²) < 4.78 is 37.6. The maximum Gasteiger partial charge on any atom is 0.392 e. The van der Waals surface area contributed by atoms with E-state index >= 15 is 0 Å². The highest BCUT2D eigenvalue weighted by Crippen LogP contribution is 2.42. The first-order chi connectivity index (χ1) is 6.55. The van der Waals surface area contributed by atoms with Crippen molar-refractivity contribution in [3.05, 3.63) is 11.4 Å². The highest BCUT2D eigenvalue weighted by atomic mass is 19.4. The third-order valence-corrected chi connectivity index (χ3v) is 2.94. The van der Waals surface area contributed by atoms with Crippen LogP contribution in [0.3, 0.4) is 0 Å². The van der Waals surface area contributed by atoms with E-state index in [0.717, 1.165) is 6.42 Å². The van der Waals surface area contributed by atoms with Crippen LogP contribution in [-0.4, -0.2) is 12.7 Å². The zero-order valence-corrected chi connectivity index (χ0v) is 7.98. The minimum Gasteiger partial charge on any atom is -0.317 e. The van der Waals surface area contributed by atoms with Crippen LogP contribution in [0.15, 0.2) is 0 Å². The summed E-state index contributed by atoms with van der Waals surface area (Å²) in [6.07, 6.45) is -1.19. The molecule has 0 aliphatic heterocycles. The first-order valence-corrected chi connectivity index (χ1v) is 4.95. The van der Waals surface area contributed by atoms with Crippen molar-refractivity contribution in [2.45, 2.75) is 38.3 Å². The summed E-state index contributed by atoms with van der Waals surface area (Å²) >= 11 is 0. The van der Waals surface area contributed by atoms with Crippen LogP contribution in [0.1, 0.15) is 32.1 Å². The molecule has 0 N–H and O–H groups in total. The molecule has 0 amide bonds. The van der Waals surface area contributed by atoms with Gasteiger partial charge >= 0.3 is 6.18 Å². The van der Waals surface area contributed by atoms with Crippen molar-refractivity contribution in [1.29, 1.82) is 0 Å². The monoisotopic (exact) mass is 205 g/mol. The third kappa shape index (κ3) is 2.90. The van der Waals surface area contributed by atoms with Crippen LogP contribution in [0, 0.1) is 18.4 Å². The summed E-state index contributed by atoms with van der Waals surface area (Å²) in [4.78, 5) is 3.13. The zero-order valence-electron chi connectivity index (χ0n) is 7.98. The van der Waals surface area contributed by atoms with Gasteiger partial charge in [0.25, 0.3) is 0 Å². The second-order valence-electron chi connectivity index (χ2n) is 3.86. The molecule has 1 aliphatic rings. The largest absolute Gasteiger partial charge is 0.392 e. The van der Waals surface area contributed by atoms with Crippen LogP contribution >= 0.6 is 0 Å². The highest BCUT2D eigenvalue weighted by molar-refractivity contribution is 4.82. The lowest BCUT2D eigenvalue weighted by Crippen LogP contribution is -2.33. The van der Waals surface area contributed by atoms with Crippen molar-refractivity contribution in [2.24, 2.45) is 11.8 Å². The van der Waals surface area contributed by atoms with Crippen LogP contribution in [0.2, 0.25) is 0 Å². The maximum atomic E-state index is 12.5. The van der Waals surface area contributed by atoms with Gasteiger partial charge < -0.3 is 4.85 Å². The highest BCUT2D eigenvalue weighted by Gasteiger charge is 2.45. The molecule has 1 fully saturated rings. The van der Waals surface area contributed by atoms with Gasteiger partial charge in [0, 0.05) is 6.42 Å². The Morgan fingerprint density at radius 3 is 2.43 bits per heavy atom. The lowest BCUT2D eigenvalue weighted by atomic mass is 9.77. The molecule has 80 valence electrons. The number of hydrogen-bond acceptors (Lipinski definition) is 0. The summed E-state index contributed by atoms with van der Waals surface area (Å²) in [5.74, 6) is -1.46. The van der Waals surface area contributed by atoms with Gasteiger partial charge in [0.05, 0.1) is 5.92 Å². The van der Waals surface area contributed by atoms with Gasteiger partial charge in [-0.05, 0) is 18.8 Å². The topological polar surface area (TPSA) is 4.36 Å². The van der Waals surface area contributed by atoms with Crippen LogP contribution in [0.4, 0.5) is 13.2 Å². The van der Waals surface area contributed by atoms with E-state index in [1.807, 2.05) is 0 Å². The lowest BCUT2D eigenvalue weighted by molar-refractivity contribution is -0.196. The van der Waals surface area contributed by atoms with Gasteiger partial charge in [-0.25, -0.2) is 6.57 Å². The minimum atomic E-state index is -4.06. The van der Waals surface area contributed by atoms with Gasteiger partial charge in [-0.3, -0.25) is 0 Å². The fourth-order valence-corrected chi connectivity index (χ4v) is 2.21. The van der Waals surface area contributed by atoms with Gasteiger partial charge in [-0.1, -0.05) is 12.8 Å². The van der Waals surface area contributed by atoms with E-state index < -0.39 is 12.1 Å². The summed E-state index contributed by atoms with van der Waals surface area (Å²) in [6, 6.07) is 0. The Balaban J connectivity index is 2.56. The van der Waals surface area contributed by atoms with Gasteiger partial charge in [0.2, 0.25) is 6.54 Å². The van der Waals surface area contributed by atoms with E-state index in [0.29, 0.717) is 19.3 Å². The second kappa shape index (κ2) is 4.68. The number of hydrogen-bond donors (Lipinski definition) is 0. The van der Waals surface area contributed by atoms with E-state index in [2.05, 4.69) is 4.85 Å². The van der Waals surface area contributed by atoms with Gasteiger partial charge in [-0.2, -0.15) is 13.2 Å². The fourth-order valence-electron chi connectivity index (χ4n) is 2.21. The number of alkyl halides is 3. The molecule has 0 aromatic rings. The van der Waals surface area contributed by atoms with Crippen molar-refractivity contribution in [3.63, 3.8) is 0 Å². The predicted octanol–water partition coefficient (Wildman–Crippen LogP) is 3.66. The summed E-state index contributed by atoms with van der Waals surface area (Å²) in [7, 11) is 0. The summed E-state index contributed by atoms with van der Waals surface area (Å²) in [5.41, 5.74) is 0. The first-order valence-electron chi connectivity index (χ1n) is 4.95. The maximum absolute atomic E-state index is 12.5. The Morgan fingerprint density at radius 1 is 1.21 bits per heavy atom. The second-order valence-corrected chi connectivity index (χ2v) is 3.86. The van der Waals surface area contributed by atoms with Gasteiger partial charge in [-0.15, -0.1) is 0 Å². The van der Waals surface area contributed by atoms with Gasteiger partial charge in [0.15, 0.2) is 0 Å². The summed E-state index contributed by atoms with van der Waals surface area (Å²) in [5, 5.41) is 0. The average Bonchev–Trinajstić information content (AvgIpc) is 2.14. The lowest BCUT2D eigenvalue weighted by Gasteiger charge is -2.31. The Labute approximate surface area is 82.1 Å². The third-order valence-electron chi connectivity index (χ3n) is 2.94. The molecule has 14 heavy (non-hydrogen) atoms. The molecule has 0 saturated heterocycles. The Kier molecular flexibility index (Phi) is 3.79. The minimum absolute atomic E-state index is 0.233. The SMILES string of the molecule is [C-]#[N+]CCC1CCCCC1C(F)(F)F. The Morgan fingerprint density at radius 2 is 1.86 bits per heavy atom. The van der Waals surface area contributed by atoms with Crippen molar-refractivity contribution in [2.75, 3.05) is 6.54 Å². The van der Waals surface area contributed by atoms with E-state index in [4.69, 9.17) is 6.57 Å². The van der Waals surface area contributed by atoms with Crippen LogP contribution in [-0.2, 0) is 0 Å². The molecule has 1 nitrogen and oxygen atoms in total. The fraction of sp³-hybridized carbons (Fsp3) is 0.900. The van der Waals surface area contributed by atoms with Crippen molar-refractivity contribution in [1.82, 2.24) is 0 Å². The van der Waals surface area contributed by atoms with Crippen LogP contribution in [0.25, 0.3) is 4.85 Å². The molecule has 4 heteroatoms. The Bertz CT molecular complexity index is 216. The number of halogens is 3. The van der Waals surface area contributed by atoms with Crippen molar-refractivity contribution in [3.8, 4) is 0 Å². The molecule has 1 rings (SSSR count). The standard InChI is InChI=1S/C10H14F3N/c1-14-7-6-8-4-2-3-5-9(8)10(11,12)13/h8-9H,2-7H2. The molecule has 0 aromatic heterocycles. The Hall–Kier alpha value is -0.720. The molecule has 0 aromatic carbocycles. The smallest absolute Gasteiger partial charge is 0.317 e. The predicted molar refractivity (Wildman–Crippen MR) is 47.6 cm³/mol. The normalized spacial score (nSPS) is 28.4. The van der Waals surface area contributed by atoms with Gasteiger partial charge in [0.1, 0.15) is 0 Å². The molecule has 0 heterocycles. The van der Waals surface area contributed by atoms with E-state index in [1.165, 1.54) is 0 Å². The quantitative estimate of drug-likeness (QED) is 0.606. The number of nitrogens with zero attached hydrogens (tertiary/aromatic N) is 1. The van der Waals surface area contributed by atoms with E-state index in [-0.39, 0.29) is 18.9 Å². The van der Waals surface area contributed by atoms with Crippen molar-refractivity contribution >= 4 is 0 Å². The average molecular weight is 205 g/mol. The number of rotatable bonds is 2. The molecular formula is C10H14F3N. The zero-order chi connectivity index (χ0) is 10.6. The molecule has 0 radical (unpaired) electrons. The molecule has 1 saturated carbocycles. The molecular weight excluding hydrogens is 191 g/mol. The van der Waals surface area contributed by atoms with Crippen molar-refractivity contribution < 1.29 is 13.2 Å². The molecule has 0 bridgehead atoms. The molecule has 2 unspecified atom stereocenters.